The van der Waals surface area contributed by atoms with Crippen molar-refractivity contribution in [3.8, 4) is 0 Å². The molecule has 2 N–H and O–H groups in total. The second kappa shape index (κ2) is 11.0. The highest BCUT2D eigenvalue weighted by atomic mass is 16.3. The molecule has 0 bridgehead atoms. The van der Waals surface area contributed by atoms with Crippen molar-refractivity contribution < 1.29 is 10.2 Å². The minimum atomic E-state index is -0.561. The van der Waals surface area contributed by atoms with Crippen molar-refractivity contribution in [2.75, 3.05) is 20.6 Å². The zero-order valence-corrected chi connectivity index (χ0v) is 18.4. The van der Waals surface area contributed by atoms with Crippen LogP contribution in [0.15, 0.2) is 11.6 Å². The van der Waals surface area contributed by atoms with E-state index in [4.69, 9.17) is 0 Å². The summed E-state index contributed by atoms with van der Waals surface area (Å²) in [6.45, 7) is 5.39. The molecule has 0 radical (unpaired) electrons. The summed E-state index contributed by atoms with van der Waals surface area (Å²) in [7, 11) is 4.29. The molecular weight excluding hydrogens is 334 g/mol. The maximum atomic E-state index is 10.7. The minimum absolute atomic E-state index is 0.163. The SMILES string of the molecule is CCCCC[C@@](C)(O)CC[C@@H]1[C@H]2CC(CCCCCN(C)C)=C[C@H]2C[C@H]1O. The van der Waals surface area contributed by atoms with Crippen LogP contribution in [-0.2, 0) is 0 Å². The lowest BCUT2D eigenvalue weighted by Crippen LogP contribution is -2.28. The minimum Gasteiger partial charge on any atom is -0.393 e. The lowest BCUT2D eigenvalue weighted by atomic mass is 9.82. The highest BCUT2D eigenvalue weighted by Crippen LogP contribution is 2.49. The maximum absolute atomic E-state index is 10.7. The topological polar surface area (TPSA) is 43.7 Å². The van der Waals surface area contributed by atoms with Gasteiger partial charge in [-0.3, -0.25) is 0 Å². The summed E-state index contributed by atoms with van der Waals surface area (Å²) in [4.78, 5) is 2.27. The summed E-state index contributed by atoms with van der Waals surface area (Å²) < 4.78 is 0. The summed E-state index contributed by atoms with van der Waals surface area (Å²) in [6.07, 6.45) is 15.9. The molecule has 2 aliphatic rings. The largest absolute Gasteiger partial charge is 0.393 e. The molecule has 2 rings (SSSR count). The van der Waals surface area contributed by atoms with Gasteiger partial charge in [0.25, 0.3) is 0 Å². The number of hydrogen-bond acceptors (Lipinski definition) is 3. The van der Waals surface area contributed by atoms with E-state index in [1.807, 2.05) is 6.92 Å². The van der Waals surface area contributed by atoms with E-state index in [2.05, 4.69) is 32.0 Å². The van der Waals surface area contributed by atoms with Crippen LogP contribution in [0.2, 0.25) is 0 Å². The van der Waals surface area contributed by atoms with Gasteiger partial charge in [-0.2, -0.15) is 0 Å². The summed E-state index contributed by atoms with van der Waals surface area (Å²) in [5, 5.41) is 21.3. The molecule has 2 aliphatic carbocycles. The normalized spacial score (nSPS) is 29.8. The number of aliphatic hydroxyl groups excluding tert-OH is 1. The van der Waals surface area contributed by atoms with E-state index in [-0.39, 0.29) is 6.10 Å². The van der Waals surface area contributed by atoms with Gasteiger partial charge in [0.05, 0.1) is 11.7 Å². The van der Waals surface area contributed by atoms with Crippen LogP contribution in [0.5, 0.6) is 0 Å². The Morgan fingerprint density at radius 1 is 1.11 bits per heavy atom. The first-order chi connectivity index (χ1) is 12.8. The molecule has 0 aliphatic heterocycles. The molecule has 3 nitrogen and oxygen atoms in total. The third-order valence-electron chi connectivity index (χ3n) is 6.99. The molecule has 0 saturated heterocycles. The van der Waals surface area contributed by atoms with Crippen molar-refractivity contribution in [3.05, 3.63) is 11.6 Å². The molecule has 158 valence electrons. The van der Waals surface area contributed by atoms with Gasteiger partial charge in [-0.05, 0) is 96.7 Å². The first-order valence-electron chi connectivity index (χ1n) is 11.6. The van der Waals surface area contributed by atoms with E-state index < -0.39 is 5.60 Å². The average molecular weight is 380 g/mol. The standard InChI is InChI=1S/C24H45NO2/c1-5-6-9-13-24(2,27)14-12-21-22-17-19(16-20(22)18-23(21)26)11-8-7-10-15-25(3)4/h16,20-23,26-27H,5-15,17-18H2,1-4H3/t20-,21+,22-,23+,24+/m0/s1. The van der Waals surface area contributed by atoms with E-state index in [0.717, 1.165) is 32.1 Å². The van der Waals surface area contributed by atoms with Gasteiger partial charge in [-0.15, -0.1) is 0 Å². The summed E-state index contributed by atoms with van der Waals surface area (Å²) in [5.74, 6) is 1.60. The number of hydrogen-bond donors (Lipinski definition) is 2. The molecule has 0 spiro atoms. The van der Waals surface area contributed by atoms with Gasteiger partial charge in [0.2, 0.25) is 0 Å². The van der Waals surface area contributed by atoms with Crippen molar-refractivity contribution in [2.45, 2.75) is 103 Å². The Morgan fingerprint density at radius 2 is 1.89 bits per heavy atom. The summed E-state index contributed by atoms with van der Waals surface area (Å²) in [6, 6.07) is 0. The van der Waals surface area contributed by atoms with E-state index in [1.165, 1.54) is 51.5 Å². The first kappa shape index (κ1) is 22.9. The molecule has 0 heterocycles. The predicted molar refractivity (Wildman–Crippen MR) is 115 cm³/mol. The van der Waals surface area contributed by atoms with Gasteiger partial charge in [-0.25, -0.2) is 0 Å². The highest BCUT2D eigenvalue weighted by Gasteiger charge is 2.44. The van der Waals surface area contributed by atoms with E-state index >= 15 is 0 Å². The number of aliphatic hydroxyl groups is 2. The van der Waals surface area contributed by atoms with Crippen LogP contribution >= 0.6 is 0 Å². The van der Waals surface area contributed by atoms with Crippen LogP contribution in [0.4, 0.5) is 0 Å². The van der Waals surface area contributed by atoms with Gasteiger partial charge in [0, 0.05) is 0 Å². The lowest BCUT2D eigenvalue weighted by molar-refractivity contribution is 0.0209. The Hall–Kier alpha value is -0.380. The van der Waals surface area contributed by atoms with Crippen LogP contribution in [0.25, 0.3) is 0 Å². The monoisotopic (exact) mass is 379 g/mol. The summed E-state index contributed by atoms with van der Waals surface area (Å²) in [5.41, 5.74) is 1.08. The van der Waals surface area contributed by atoms with Gasteiger partial charge in [0.1, 0.15) is 0 Å². The second-order valence-corrected chi connectivity index (χ2v) is 9.93. The molecule has 1 fully saturated rings. The highest BCUT2D eigenvalue weighted by molar-refractivity contribution is 5.18. The third-order valence-corrected chi connectivity index (χ3v) is 6.99. The molecule has 0 aromatic carbocycles. The Bertz CT molecular complexity index is 457. The van der Waals surface area contributed by atoms with Crippen molar-refractivity contribution >= 4 is 0 Å². The number of nitrogens with zero attached hydrogens (tertiary/aromatic N) is 1. The maximum Gasteiger partial charge on any atom is 0.0619 e. The van der Waals surface area contributed by atoms with Crippen LogP contribution in [0.1, 0.15) is 90.9 Å². The summed E-state index contributed by atoms with van der Waals surface area (Å²) >= 11 is 0. The molecule has 0 unspecified atom stereocenters. The predicted octanol–water partition coefficient (Wildman–Crippen LogP) is 5.16. The first-order valence-corrected chi connectivity index (χ1v) is 11.6. The molecule has 0 aromatic heterocycles. The Balaban J connectivity index is 1.73. The Morgan fingerprint density at radius 3 is 2.59 bits per heavy atom. The zero-order valence-electron chi connectivity index (χ0n) is 18.4. The van der Waals surface area contributed by atoms with Crippen LogP contribution in [-0.4, -0.2) is 47.5 Å². The van der Waals surface area contributed by atoms with Gasteiger partial charge in [0.15, 0.2) is 0 Å². The Labute approximate surface area is 168 Å². The third kappa shape index (κ3) is 7.51. The van der Waals surface area contributed by atoms with E-state index in [0.29, 0.717) is 17.8 Å². The smallest absolute Gasteiger partial charge is 0.0619 e. The van der Waals surface area contributed by atoms with Crippen LogP contribution in [0.3, 0.4) is 0 Å². The fraction of sp³-hybridized carbons (Fsp3) is 0.917. The quantitative estimate of drug-likeness (QED) is 0.343. The van der Waals surface area contributed by atoms with Crippen molar-refractivity contribution in [2.24, 2.45) is 17.8 Å². The van der Waals surface area contributed by atoms with Gasteiger partial charge >= 0.3 is 0 Å². The molecule has 0 amide bonds. The molecular formula is C24H45NO2. The van der Waals surface area contributed by atoms with Crippen LogP contribution < -0.4 is 0 Å². The lowest BCUT2D eigenvalue weighted by Gasteiger charge is -2.28. The number of unbranched alkanes of at least 4 members (excludes halogenated alkanes) is 4. The molecule has 3 heteroatoms. The van der Waals surface area contributed by atoms with Crippen molar-refractivity contribution in [1.29, 1.82) is 0 Å². The van der Waals surface area contributed by atoms with Crippen LogP contribution in [0, 0.1) is 17.8 Å². The van der Waals surface area contributed by atoms with E-state index in [1.54, 1.807) is 5.57 Å². The number of rotatable bonds is 13. The van der Waals surface area contributed by atoms with E-state index in [9.17, 15) is 10.2 Å². The number of allylic oxidation sites excluding steroid dienone is 2. The fourth-order valence-electron chi connectivity index (χ4n) is 5.31. The zero-order chi connectivity index (χ0) is 19.9. The molecule has 1 saturated carbocycles. The fourth-order valence-corrected chi connectivity index (χ4v) is 5.31. The Kier molecular flexibility index (Phi) is 9.31. The second-order valence-electron chi connectivity index (χ2n) is 9.93. The number of fused-ring (bicyclic) bond motifs is 1. The van der Waals surface area contributed by atoms with Crippen molar-refractivity contribution in [1.82, 2.24) is 4.90 Å². The molecule has 27 heavy (non-hydrogen) atoms. The average Bonchev–Trinajstić information content (AvgIpc) is 3.09. The molecule has 0 aromatic rings. The van der Waals surface area contributed by atoms with Gasteiger partial charge < -0.3 is 15.1 Å². The van der Waals surface area contributed by atoms with Gasteiger partial charge in [-0.1, -0.05) is 44.3 Å². The molecule has 5 atom stereocenters. The van der Waals surface area contributed by atoms with Crippen molar-refractivity contribution in [3.63, 3.8) is 0 Å².